The zero-order chi connectivity index (χ0) is 16.2. The van der Waals surface area contributed by atoms with E-state index in [1.165, 1.54) is 19.3 Å². The Labute approximate surface area is 137 Å². The molecule has 23 heavy (non-hydrogen) atoms. The Bertz CT molecular complexity index is 490. The first kappa shape index (κ1) is 16.1. The van der Waals surface area contributed by atoms with Crippen LogP contribution < -0.4 is 5.26 Å². The van der Waals surface area contributed by atoms with E-state index >= 15 is 0 Å². The van der Waals surface area contributed by atoms with Crippen LogP contribution >= 0.6 is 12.0 Å². The molecule has 4 aliphatic carbocycles. The van der Waals surface area contributed by atoms with Gasteiger partial charge in [0.25, 0.3) is 0 Å². The Balaban J connectivity index is 1.34. The van der Waals surface area contributed by atoms with Crippen LogP contribution in [0.2, 0.25) is 0 Å². The third kappa shape index (κ3) is 2.67. The van der Waals surface area contributed by atoms with Gasteiger partial charge in [0.15, 0.2) is 6.61 Å². The predicted octanol–water partition coefficient (Wildman–Crippen LogP) is 2.31. The molecule has 0 aromatic heterocycles. The topological polar surface area (TPSA) is 67.8 Å². The lowest BCUT2D eigenvalue weighted by molar-refractivity contribution is -0.777. The number of carbonyl (C=O) groups is 1. The van der Waals surface area contributed by atoms with Gasteiger partial charge >= 0.3 is 11.2 Å². The molecule has 0 radical (unpaired) electrons. The van der Waals surface area contributed by atoms with Crippen LogP contribution in [0.3, 0.4) is 0 Å². The van der Waals surface area contributed by atoms with Gasteiger partial charge in [0.05, 0.1) is 5.92 Å². The molecule has 4 rings (SSSR count). The molecule has 0 saturated heterocycles. The lowest BCUT2D eigenvalue weighted by Gasteiger charge is -2.37. The maximum atomic E-state index is 13.3. The molecule has 130 valence electrons. The second-order valence-electron chi connectivity index (χ2n) is 7.45. The Morgan fingerprint density at radius 3 is 2.61 bits per heavy atom. The first-order valence-corrected chi connectivity index (χ1v) is 8.93. The average Bonchev–Trinajstić information content (AvgIpc) is 3.28. The molecule has 5 nitrogen and oxygen atoms in total. The number of hydrogen-bond donors (Lipinski definition) is 0. The van der Waals surface area contributed by atoms with Gasteiger partial charge in [-0.2, -0.15) is 13.1 Å². The fourth-order valence-corrected chi connectivity index (χ4v) is 6.42. The lowest BCUT2D eigenvalue weighted by atomic mass is 9.67. The fourth-order valence-electron chi connectivity index (χ4n) is 6.19. The number of esters is 1. The molecule has 8 heteroatoms. The quantitative estimate of drug-likeness (QED) is 0.241. The molecule has 0 aliphatic heterocycles. The van der Waals surface area contributed by atoms with E-state index in [0.29, 0.717) is 17.8 Å². The molecule has 0 heterocycles. The largest absolute Gasteiger partial charge is 0.691 e. The lowest BCUT2D eigenvalue weighted by Crippen LogP contribution is -2.37. The Hall–Kier alpha value is -0.440. The molecule has 0 aromatic carbocycles. The van der Waals surface area contributed by atoms with Crippen molar-refractivity contribution >= 4 is 18.0 Å². The van der Waals surface area contributed by atoms with Crippen molar-refractivity contribution in [3.05, 3.63) is 0 Å². The summed E-state index contributed by atoms with van der Waals surface area (Å²) in [6.07, 6.45) is 5.73. The Morgan fingerprint density at radius 2 is 1.87 bits per heavy atom. The smallest absolute Gasteiger partial charge is 0.354 e. The van der Waals surface area contributed by atoms with Gasteiger partial charge in [-0.25, -0.2) is 0 Å². The Kier molecular flexibility index (Phi) is 4.06. The highest BCUT2D eigenvalue weighted by Gasteiger charge is 2.63. The molecule has 4 aliphatic rings. The van der Waals surface area contributed by atoms with Gasteiger partial charge in [-0.15, -0.1) is 0 Å². The van der Waals surface area contributed by atoms with Gasteiger partial charge < -0.3 is 9.99 Å². The minimum Gasteiger partial charge on any atom is -0.691 e. The first-order valence-electron chi connectivity index (χ1n) is 8.19. The van der Waals surface area contributed by atoms with Crippen LogP contribution in [-0.2, 0) is 18.9 Å². The standard InChI is InChI=1S/C15H20F2O5S/c16-15(17,23-22-21-19)6-20-14(18)11-5-9-4-10(11)13-8-2-1-7(3-8)12(9)13/h7-13,19H,1-6H2/p-1. The van der Waals surface area contributed by atoms with Crippen LogP contribution in [0.1, 0.15) is 32.1 Å². The Morgan fingerprint density at radius 1 is 1.13 bits per heavy atom. The summed E-state index contributed by atoms with van der Waals surface area (Å²) in [4.78, 5) is 12.3. The molecule has 7 unspecified atom stereocenters. The van der Waals surface area contributed by atoms with E-state index in [-0.39, 0.29) is 5.92 Å². The fraction of sp³-hybridized carbons (Fsp3) is 0.933. The van der Waals surface area contributed by atoms with Crippen molar-refractivity contribution in [3.63, 3.8) is 0 Å². The van der Waals surface area contributed by atoms with Gasteiger partial charge in [-0.1, -0.05) is 0 Å². The average molecular weight is 349 g/mol. The van der Waals surface area contributed by atoms with Crippen molar-refractivity contribution in [3.8, 4) is 0 Å². The summed E-state index contributed by atoms with van der Waals surface area (Å²) in [6.45, 7) is -1.10. The molecular weight excluding hydrogens is 330 g/mol. The SMILES string of the molecule is O=C(OCC(F)(F)SOO[O-])C1CC2CC1C1C3CCC(C3)C21. The van der Waals surface area contributed by atoms with Crippen LogP contribution in [0.4, 0.5) is 8.78 Å². The summed E-state index contributed by atoms with van der Waals surface area (Å²) in [7, 11) is 0. The second kappa shape index (κ2) is 5.82. The van der Waals surface area contributed by atoms with Crippen LogP contribution in [0.15, 0.2) is 0 Å². The van der Waals surface area contributed by atoms with Crippen molar-refractivity contribution in [2.75, 3.05) is 6.61 Å². The van der Waals surface area contributed by atoms with Gasteiger partial charge in [-0.05, 0) is 67.6 Å². The maximum absolute atomic E-state index is 13.3. The van der Waals surface area contributed by atoms with E-state index in [0.717, 1.165) is 30.6 Å². The highest BCUT2D eigenvalue weighted by molar-refractivity contribution is 7.95. The molecule has 7 atom stereocenters. The summed E-state index contributed by atoms with van der Waals surface area (Å²) in [5.41, 5.74) is 0. The third-order valence-corrected chi connectivity index (χ3v) is 7.09. The highest BCUT2D eigenvalue weighted by Crippen LogP contribution is 2.68. The van der Waals surface area contributed by atoms with Crippen LogP contribution in [0, 0.1) is 41.4 Å². The van der Waals surface area contributed by atoms with E-state index in [2.05, 4.69) is 9.37 Å². The summed E-state index contributed by atoms with van der Waals surface area (Å²) < 4.78 is 35.1. The second-order valence-corrected chi connectivity index (χ2v) is 8.35. The number of fused-ring (bicyclic) bond motifs is 9. The number of carbonyl (C=O) groups excluding carboxylic acids is 1. The number of alkyl halides is 2. The first-order chi connectivity index (χ1) is 11.0. The van der Waals surface area contributed by atoms with E-state index < -0.39 is 29.9 Å². The molecule has 4 fully saturated rings. The van der Waals surface area contributed by atoms with Crippen molar-refractivity contribution in [1.82, 2.24) is 0 Å². The van der Waals surface area contributed by atoms with Crippen molar-refractivity contribution in [2.24, 2.45) is 41.4 Å². The van der Waals surface area contributed by atoms with Crippen LogP contribution in [0.25, 0.3) is 0 Å². The molecular formula is C15H19F2O5S-. The summed E-state index contributed by atoms with van der Waals surface area (Å²) in [5.74, 6) is 3.07. The molecule has 0 aromatic rings. The van der Waals surface area contributed by atoms with Crippen LogP contribution in [0.5, 0.6) is 0 Å². The number of hydrogen-bond acceptors (Lipinski definition) is 6. The number of halogens is 2. The van der Waals surface area contributed by atoms with Gasteiger partial charge in [0.2, 0.25) is 0 Å². The summed E-state index contributed by atoms with van der Waals surface area (Å²) in [6, 6.07) is 0. The number of rotatable bonds is 6. The van der Waals surface area contributed by atoms with E-state index in [1.54, 1.807) is 0 Å². The minimum absolute atomic E-state index is 0.238. The van der Waals surface area contributed by atoms with Gasteiger partial charge in [0, 0.05) is 0 Å². The van der Waals surface area contributed by atoms with Crippen molar-refractivity contribution < 1.29 is 32.9 Å². The maximum Gasteiger partial charge on any atom is 0.354 e. The van der Waals surface area contributed by atoms with Crippen molar-refractivity contribution in [1.29, 1.82) is 0 Å². The summed E-state index contributed by atoms with van der Waals surface area (Å²) in [5, 5.41) is 8.99. The van der Waals surface area contributed by atoms with Crippen molar-refractivity contribution in [2.45, 2.75) is 37.4 Å². The zero-order valence-corrected chi connectivity index (χ0v) is 13.3. The zero-order valence-electron chi connectivity index (χ0n) is 12.5. The molecule has 4 saturated carbocycles. The minimum atomic E-state index is -3.49. The predicted molar refractivity (Wildman–Crippen MR) is 73.2 cm³/mol. The molecule has 0 spiro atoms. The van der Waals surface area contributed by atoms with E-state index in [4.69, 9.17) is 4.74 Å². The highest BCUT2D eigenvalue weighted by atomic mass is 32.2. The van der Waals surface area contributed by atoms with Gasteiger partial charge in [0.1, 0.15) is 12.0 Å². The van der Waals surface area contributed by atoms with Crippen LogP contribution in [-0.4, -0.2) is 17.8 Å². The van der Waals surface area contributed by atoms with Gasteiger partial charge in [-0.3, -0.25) is 9.83 Å². The molecule has 4 bridgehead atoms. The molecule has 0 N–H and O–H groups in total. The molecule has 0 amide bonds. The monoisotopic (exact) mass is 349 g/mol. The summed E-state index contributed by atoms with van der Waals surface area (Å²) >= 11 is -0.441. The number of ether oxygens (including phenoxy) is 1. The third-order valence-electron chi connectivity index (χ3n) is 6.60. The normalized spacial score (nSPS) is 43.9. The van der Waals surface area contributed by atoms with E-state index in [1.807, 2.05) is 0 Å². The van der Waals surface area contributed by atoms with E-state index in [9.17, 15) is 18.8 Å².